The monoisotopic (exact) mass is 261 g/mol. The molecule has 0 radical (unpaired) electrons. The van der Waals surface area contributed by atoms with Gasteiger partial charge in [-0.25, -0.2) is 0 Å². The molecule has 18 heavy (non-hydrogen) atoms. The highest BCUT2D eigenvalue weighted by molar-refractivity contribution is 5.29. The van der Waals surface area contributed by atoms with E-state index in [2.05, 4.69) is 5.32 Å². The molecular formula is C13H18F3NO. The van der Waals surface area contributed by atoms with Crippen LogP contribution >= 0.6 is 0 Å². The molecule has 0 bridgehead atoms. The number of ether oxygens (including phenoxy) is 1. The molecule has 2 nitrogen and oxygen atoms in total. The first-order valence-corrected chi connectivity index (χ1v) is 5.90. The Morgan fingerprint density at radius 1 is 1.22 bits per heavy atom. The predicted octanol–water partition coefficient (Wildman–Crippen LogP) is 3.69. The average Bonchev–Trinajstić information content (AvgIpc) is 2.33. The zero-order valence-electron chi connectivity index (χ0n) is 10.6. The number of halogens is 3. The second kappa shape index (κ2) is 6.64. The maximum absolute atomic E-state index is 12.5. The van der Waals surface area contributed by atoms with Crippen LogP contribution < -0.4 is 10.1 Å². The van der Waals surface area contributed by atoms with Crippen molar-refractivity contribution < 1.29 is 17.9 Å². The number of alkyl halides is 3. The van der Waals surface area contributed by atoms with Crippen molar-refractivity contribution in [1.82, 2.24) is 5.32 Å². The SMILES string of the molecule is CCCNC(CC(F)(F)F)c1ccc(OC)cc1. The van der Waals surface area contributed by atoms with Crippen LogP contribution in [0.15, 0.2) is 24.3 Å². The number of hydrogen-bond donors (Lipinski definition) is 1. The molecule has 102 valence electrons. The molecule has 0 aromatic heterocycles. The molecule has 1 aromatic carbocycles. The fourth-order valence-electron chi connectivity index (χ4n) is 1.69. The molecule has 1 aromatic rings. The smallest absolute Gasteiger partial charge is 0.390 e. The van der Waals surface area contributed by atoms with E-state index in [9.17, 15) is 13.2 Å². The third-order valence-corrected chi connectivity index (χ3v) is 2.59. The lowest BCUT2D eigenvalue weighted by molar-refractivity contribution is -0.140. The third-order valence-electron chi connectivity index (χ3n) is 2.59. The van der Waals surface area contributed by atoms with Crippen molar-refractivity contribution in [3.05, 3.63) is 29.8 Å². The fourth-order valence-corrected chi connectivity index (χ4v) is 1.69. The first kappa shape index (κ1) is 14.8. The normalized spacial score (nSPS) is 13.4. The van der Waals surface area contributed by atoms with Crippen LogP contribution in [0.3, 0.4) is 0 Å². The summed E-state index contributed by atoms with van der Waals surface area (Å²) in [6.07, 6.45) is -4.24. The van der Waals surface area contributed by atoms with Crippen LogP contribution in [-0.2, 0) is 0 Å². The summed E-state index contributed by atoms with van der Waals surface area (Å²) in [4.78, 5) is 0. The second-order valence-corrected chi connectivity index (χ2v) is 4.10. The van der Waals surface area contributed by atoms with E-state index >= 15 is 0 Å². The number of rotatable bonds is 6. The van der Waals surface area contributed by atoms with Gasteiger partial charge in [0.1, 0.15) is 5.75 Å². The minimum absolute atomic E-state index is 0.562. The van der Waals surface area contributed by atoms with Crippen LogP contribution in [0.2, 0.25) is 0 Å². The average molecular weight is 261 g/mol. The molecule has 0 saturated carbocycles. The van der Waals surface area contributed by atoms with Gasteiger partial charge in [-0.3, -0.25) is 0 Å². The number of nitrogens with one attached hydrogen (secondary N) is 1. The fraction of sp³-hybridized carbons (Fsp3) is 0.538. The quantitative estimate of drug-likeness (QED) is 0.843. The molecule has 5 heteroatoms. The van der Waals surface area contributed by atoms with Gasteiger partial charge < -0.3 is 10.1 Å². The number of benzene rings is 1. The van der Waals surface area contributed by atoms with Crippen molar-refractivity contribution in [2.75, 3.05) is 13.7 Å². The molecule has 0 spiro atoms. The van der Waals surface area contributed by atoms with Gasteiger partial charge in [-0.05, 0) is 30.7 Å². The molecular weight excluding hydrogens is 243 g/mol. The lowest BCUT2D eigenvalue weighted by Crippen LogP contribution is -2.27. The summed E-state index contributed by atoms with van der Waals surface area (Å²) in [5, 5.41) is 2.92. The van der Waals surface area contributed by atoms with E-state index in [-0.39, 0.29) is 0 Å². The van der Waals surface area contributed by atoms with Crippen LogP contribution in [0.1, 0.15) is 31.4 Å². The molecule has 1 atom stereocenters. The maximum atomic E-state index is 12.5. The van der Waals surface area contributed by atoms with Gasteiger partial charge in [0, 0.05) is 6.04 Å². The molecule has 1 N–H and O–H groups in total. The van der Waals surface area contributed by atoms with Gasteiger partial charge in [0.25, 0.3) is 0 Å². The molecule has 0 saturated heterocycles. The van der Waals surface area contributed by atoms with Crippen LogP contribution in [-0.4, -0.2) is 19.8 Å². The summed E-state index contributed by atoms with van der Waals surface area (Å²) in [5.41, 5.74) is 0.626. The number of hydrogen-bond acceptors (Lipinski definition) is 2. The van der Waals surface area contributed by atoms with Crippen LogP contribution in [0, 0.1) is 0 Å². The second-order valence-electron chi connectivity index (χ2n) is 4.10. The Morgan fingerprint density at radius 3 is 2.28 bits per heavy atom. The highest BCUT2D eigenvalue weighted by Gasteiger charge is 2.32. The van der Waals surface area contributed by atoms with Gasteiger partial charge in [-0.1, -0.05) is 19.1 Å². The molecule has 0 heterocycles. The summed E-state index contributed by atoms with van der Waals surface area (Å²) in [7, 11) is 1.53. The minimum Gasteiger partial charge on any atom is -0.497 e. The van der Waals surface area contributed by atoms with Gasteiger partial charge in [-0.2, -0.15) is 13.2 Å². The number of methoxy groups -OCH3 is 1. The Balaban J connectivity index is 2.79. The van der Waals surface area contributed by atoms with Crippen molar-refractivity contribution in [1.29, 1.82) is 0 Å². The first-order valence-electron chi connectivity index (χ1n) is 5.90. The van der Waals surface area contributed by atoms with Crippen molar-refractivity contribution >= 4 is 0 Å². The van der Waals surface area contributed by atoms with Crippen LogP contribution in [0.5, 0.6) is 5.75 Å². The molecule has 0 fully saturated rings. The summed E-state index contributed by atoms with van der Waals surface area (Å²) < 4.78 is 42.5. The molecule has 1 rings (SSSR count). The Morgan fingerprint density at radius 2 is 1.83 bits per heavy atom. The van der Waals surface area contributed by atoms with Crippen molar-refractivity contribution in [3.8, 4) is 5.75 Å². The minimum atomic E-state index is -4.18. The van der Waals surface area contributed by atoms with E-state index in [0.717, 1.165) is 6.42 Å². The van der Waals surface area contributed by atoms with E-state index in [4.69, 9.17) is 4.74 Å². The molecule has 0 aliphatic rings. The third kappa shape index (κ3) is 4.96. The molecule has 0 aliphatic heterocycles. The van der Waals surface area contributed by atoms with E-state index in [1.807, 2.05) is 6.92 Å². The maximum Gasteiger partial charge on any atom is 0.390 e. The van der Waals surface area contributed by atoms with Gasteiger partial charge in [0.05, 0.1) is 13.5 Å². The van der Waals surface area contributed by atoms with Crippen molar-refractivity contribution in [3.63, 3.8) is 0 Å². The van der Waals surface area contributed by atoms with Gasteiger partial charge >= 0.3 is 6.18 Å². The largest absolute Gasteiger partial charge is 0.497 e. The van der Waals surface area contributed by atoms with Crippen molar-refractivity contribution in [2.24, 2.45) is 0 Å². The first-order chi connectivity index (χ1) is 8.46. The highest BCUT2D eigenvalue weighted by Crippen LogP contribution is 2.30. The Hall–Kier alpha value is -1.23. The van der Waals surface area contributed by atoms with Gasteiger partial charge in [-0.15, -0.1) is 0 Å². The zero-order valence-corrected chi connectivity index (χ0v) is 10.6. The van der Waals surface area contributed by atoms with Crippen LogP contribution in [0.25, 0.3) is 0 Å². The van der Waals surface area contributed by atoms with Crippen molar-refractivity contribution in [2.45, 2.75) is 32.0 Å². The lowest BCUT2D eigenvalue weighted by Gasteiger charge is -2.20. The molecule has 0 amide bonds. The Labute approximate surface area is 105 Å². The van der Waals surface area contributed by atoms with Gasteiger partial charge in [0.2, 0.25) is 0 Å². The van der Waals surface area contributed by atoms with E-state index in [0.29, 0.717) is 17.9 Å². The van der Waals surface area contributed by atoms with Gasteiger partial charge in [0.15, 0.2) is 0 Å². The molecule has 1 unspecified atom stereocenters. The van der Waals surface area contributed by atoms with E-state index < -0.39 is 18.6 Å². The Kier molecular flexibility index (Phi) is 5.47. The van der Waals surface area contributed by atoms with E-state index in [1.54, 1.807) is 24.3 Å². The topological polar surface area (TPSA) is 21.3 Å². The van der Waals surface area contributed by atoms with Crippen LogP contribution in [0.4, 0.5) is 13.2 Å². The summed E-state index contributed by atoms with van der Waals surface area (Å²) in [6.45, 7) is 2.48. The lowest BCUT2D eigenvalue weighted by atomic mass is 10.0. The standard InChI is InChI=1S/C13H18F3NO/c1-3-8-17-12(9-13(14,15)16)10-4-6-11(18-2)7-5-10/h4-7,12,17H,3,8-9H2,1-2H3. The predicted molar refractivity (Wildman–Crippen MR) is 64.7 cm³/mol. The summed E-state index contributed by atoms with van der Waals surface area (Å²) in [6, 6.07) is 5.98. The highest BCUT2D eigenvalue weighted by atomic mass is 19.4. The summed E-state index contributed by atoms with van der Waals surface area (Å²) in [5.74, 6) is 0.639. The summed E-state index contributed by atoms with van der Waals surface area (Å²) >= 11 is 0. The molecule has 0 aliphatic carbocycles. The van der Waals surface area contributed by atoms with E-state index in [1.165, 1.54) is 7.11 Å². The zero-order chi connectivity index (χ0) is 13.6. The Bertz CT molecular complexity index is 348.